The van der Waals surface area contributed by atoms with Crippen LogP contribution in [0.25, 0.3) is 0 Å². The Balaban J connectivity index is 0.000000175. The fourth-order valence-corrected chi connectivity index (χ4v) is 10.2. The van der Waals surface area contributed by atoms with E-state index in [-0.39, 0.29) is 0 Å². The molecule has 4 saturated carbocycles. The van der Waals surface area contributed by atoms with Crippen molar-refractivity contribution < 1.29 is 0 Å². The molecule has 6 rings (SSSR count). The summed E-state index contributed by atoms with van der Waals surface area (Å²) < 4.78 is 0. The minimum Gasteiger partial charge on any atom is -0.0654 e. The summed E-state index contributed by atoms with van der Waals surface area (Å²) >= 11 is 0. The molecule has 0 heterocycles. The topological polar surface area (TPSA) is 0 Å². The molecule has 0 unspecified atom stereocenters. The van der Waals surface area contributed by atoms with Crippen molar-refractivity contribution in [1.82, 2.24) is 0 Å². The zero-order valence-electron chi connectivity index (χ0n) is 29.4. The molecule has 0 amide bonds. The van der Waals surface area contributed by atoms with Gasteiger partial charge in [0.2, 0.25) is 0 Å². The van der Waals surface area contributed by atoms with Gasteiger partial charge >= 0.3 is 0 Å². The predicted octanol–water partition coefficient (Wildman–Crippen LogP) is 13.8. The van der Waals surface area contributed by atoms with E-state index in [2.05, 4.69) is 76.2 Å². The first-order valence-corrected chi connectivity index (χ1v) is 19.6. The number of benzene rings is 2. The van der Waals surface area contributed by atoms with E-state index in [1.807, 2.05) is 0 Å². The van der Waals surface area contributed by atoms with Crippen LogP contribution in [0.1, 0.15) is 176 Å². The van der Waals surface area contributed by atoms with Gasteiger partial charge in [0.15, 0.2) is 0 Å². The van der Waals surface area contributed by atoms with Gasteiger partial charge in [-0.3, -0.25) is 0 Å². The van der Waals surface area contributed by atoms with E-state index in [0.717, 1.165) is 47.3 Å². The lowest BCUT2D eigenvalue weighted by Gasteiger charge is -2.38. The van der Waals surface area contributed by atoms with Crippen molar-refractivity contribution in [2.45, 2.75) is 168 Å². The van der Waals surface area contributed by atoms with Crippen LogP contribution in [-0.4, -0.2) is 0 Å². The Morgan fingerprint density at radius 1 is 0.386 bits per heavy atom. The maximum Gasteiger partial charge on any atom is -0.0162 e. The number of hydrogen-bond acceptors (Lipinski definition) is 0. The third-order valence-corrected chi connectivity index (χ3v) is 13.2. The van der Waals surface area contributed by atoms with Crippen LogP contribution in [0.15, 0.2) is 48.5 Å². The minimum atomic E-state index is 0.841. The SMILES string of the molecule is CCCC1CCC(C2CCC(c3ccc(C)cc3)CC2)CC1.CCCC1CCC(C2CCC(c3ccc(C)cc3)CC2)CC1. The zero-order valence-corrected chi connectivity index (χ0v) is 29.4. The summed E-state index contributed by atoms with van der Waals surface area (Å²) in [4.78, 5) is 0. The molecule has 0 aliphatic heterocycles. The molecule has 4 aliphatic rings. The van der Waals surface area contributed by atoms with Gasteiger partial charge in [0.05, 0.1) is 0 Å². The second kappa shape index (κ2) is 17.4. The van der Waals surface area contributed by atoms with E-state index in [1.165, 1.54) is 140 Å². The first-order valence-electron chi connectivity index (χ1n) is 19.6. The summed E-state index contributed by atoms with van der Waals surface area (Å²) in [5.41, 5.74) is 5.97. The Kier molecular flexibility index (Phi) is 13.4. The molecule has 2 aromatic rings. The van der Waals surface area contributed by atoms with Gasteiger partial charge in [0.1, 0.15) is 0 Å². The molecule has 244 valence electrons. The van der Waals surface area contributed by atoms with Gasteiger partial charge in [0.25, 0.3) is 0 Å². The molecule has 4 aliphatic carbocycles. The second-order valence-electron chi connectivity index (χ2n) is 16.2. The molecule has 44 heavy (non-hydrogen) atoms. The first-order chi connectivity index (χ1) is 21.5. The smallest absolute Gasteiger partial charge is 0.0162 e. The predicted molar refractivity (Wildman–Crippen MR) is 192 cm³/mol. The van der Waals surface area contributed by atoms with E-state index < -0.39 is 0 Å². The summed E-state index contributed by atoms with van der Waals surface area (Å²) in [5.74, 6) is 8.02. The van der Waals surface area contributed by atoms with Crippen molar-refractivity contribution in [1.29, 1.82) is 0 Å². The highest BCUT2D eigenvalue weighted by atomic mass is 14.4. The fraction of sp³-hybridized carbons (Fsp3) is 0.727. The summed E-state index contributed by atoms with van der Waals surface area (Å²) in [6.07, 6.45) is 29.6. The molecule has 4 fully saturated rings. The highest BCUT2D eigenvalue weighted by Gasteiger charge is 2.32. The van der Waals surface area contributed by atoms with Gasteiger partial charge < -0.3 is 0 Å². The largest absolute Gasteiger partial charge is 0.0654 e. The van der Waals surface area contributed by atoms with E-state index in [0.29, 0.717) is 0 Å². The third kappa shape index (κ3) is 9.72. The van der Waals surface area contributed by atoms with E-state index >= 15 is 0 Å². The number of rotatable bonds is 8. The Morgan fingerprint density at radius 2 is 0.659 bits per heavy atom. The van der Waals surface area contributed by atoms with Crippen molar-refractivity contribution in [2.24, 2.45) is 35.5 Å². The molecule has 0 spiro atoms. The van der Waals surface area contributed by atoms with Crippen LogP contribution < -0.4 is 0 Å². The van der Waals surface area contributed by atoms with Crippen molar-refractivity contribution in [3.05, 3.63) is 70.8 Å². The van der Waals surface area contributed by atoms with Gasteiger partial charge in [-0.15, -0.1) is 0 Å². The van der Waals surface area contributed by atoms with Crippen LogP contribution in [-0.2, 0) is 0 Å². The van der Waals surface area contributed by atoms with Crippen LogP contribution in [0, 0.1) is 49.4 Å². The van der Waals surface area contributed by atoms with Crippen LogP contribution in [0.4, 0.5) is 0 Å². The quantitative estimate of drug-likeness (QED) is 0.284. The molecular weight excluding hydrogens is 528 g/mol. The normalized spacial score (nSPS) is 32.8. The van der Waals surface area contributed by atoms with Gasteiger partial charge in [-0.2, -0.15) is 0 Å². The van der Waals surface area contributed by atoms with Crippen molar-refractivity contribution in [3.8, 4) is 0 Å². The van der Waals surface area contributed by atoms with Crippen molar-refractivity contribution in [3.63, 3.8) is 0 Å². The molecular formula is C44H68. The molecule has 2 aromatic carbocycles. The third-order valence-electron chi connectivity index (χ3n) is 13.2. The minimum absolute atomic E-state index is 0.841. The summed E-state index contributed by atoms with van der Waals surface area (Å²) in [5, 5.41) is 0. The number of aryl methyl sites for hydroxylation is 2. The molecule has 0 heteroatoms. The van der Waals surface area contributed by atoms with Gasteiger partial charge in [-0.05, 0) is 149 Å². The zero-order chi connectivity index (χ0) is 30.7. The second-order valence-corrected chi connectivity index (χ2v) is 16.2. The maximum atomic E-state index is 2.37. The lowest BCUT2D eigenvalue weighted by molar-refractivity contribution is 0.156. The van der Waals surface area contributed by atoms with E-state index in [1.54, 1.807) is 11.1 Å². The van der Waals surface area contributed by atoms with Crippen LogP contribution >= 0.6 is 0 Å². The molecule has 0 nitrogen and oxygen atoms in total. The molecule has 0 aromatic heterocycles. The maximum absolute atomic E-state index is 2.37. The molecule has 0 saturated heterocycles. The summed E-state index contributed by atoms with van der Waals surface area (Å²) in [6, 6.07) is 18.6. The van der Waals surface area contributed by atoms with Gasteiger partial charge in [0, 0.05) is 0 Å². The first kappa shape index (κ1) is 33.8. The summed E-state index contributed by atoms with van der Waals surface area (Å²) in [7, 11) is 0. The lowest BCUT2D eigenvalue weighted by Crippen LogP contribution is -2.25. The van der Waals surface area contributed by atoms with Gasteiger partial charge in [-0.25, -0.2) is 0 Å². The van der Waals surface area contributed by atoms with Crippen LogP contribution in [0.5, 0.6) is 0 Å². The van der Waals surface area contributed by atoms with E-state index in [4.69, 9.17) is 0 Å². The highest BCUT2D eigenvalue weighted by molar-refractivity contribution is 5.25. The monoisotopic (exact) mass is 597 g/mol. The molecule has 0 radical (unpaired) electrons. The molecule has 0 atom stereocenters. The molecule has 0 bridgehead atoms. The standard InChI is InChI=1S/2C22H34/c2*1-3-4-18-7-11-20(12-8-18)22-15-13-21(14-16-22)19-9-5-17(2)6-10-19/h2*5-6,9-10,18,20-22H,3-4,7-8,11-16H2,1-2H3. The average Bonchev–Trinajstić information content (AvgIpc) is 3.07. The highest BCUT2D eigenvalue weighted by Crippen LogP contribution is 2.46. The summed E-state index contributed by atoms with van der Waals surface area (Å²) in [6.45, 7) is 9.07. The lowest BCUT2D eigenvalue weighted by atomic mass is 9.68. The van der Waals surface area contributed by atoms with Crippen molar-refractivity contribution in [2.75, 3.05) is 0 Å². The van der Waals surface area contributed by atoms with Crippen molar-refractivity contribution >= 4 is 0 Å². The van der Waals surface area contributed by atoms with Crippen LogP contribution in [0.2, 0.25) is 0 Å². The number of hydrogen-bond donors (Lipinski definition) is 0. The Bertz CT molecular complexity index is 943. The van der Waals surface area contributed by atoms with Crippen LogP contribution in [0.3, 0.4) is 0 Å². The van der Waals surface area contributed by atoms with Gasteiger partial charge in [-0.1, -0.05) is 125 Å². The Labute approximate surface area is 273 Å². The molecule has 0 N–H and O–H groups in total. The fourth-order valence-electron chi connectivity index (χ4n) is 10.2. The Hall–Kier alpha value is -1.56. The Morgan fingerprint density at radius 3 is 0.932 bits per heavy atom. The average molecular weight is 597 g/mol. The van der Waals surface area contributed by atoms with E-state index in [9.17, 15) is 0 Å².